The van der Waals surface area contributed by atoms with Crippen LogP contribution in [0.3, 0.4) is 0 Å². The van der Waals surface area contributed by atoms with Crippen molar-refractivity contribution in [3.05, 3.63) is 41.5 Å². The van der Waals surface area contributed by atoms with Gasteiger partial charge in [0, 0.05) is 0 Å². The number of amides is 2. The fourth-order valence-electron chi connectivity index (χ4n) is 1.72. The number of ether oxygens (including phenoxy) is 1. The van der Waals surface area contributed by atoms with E-state index in [4.69, 9.17) is 0 Å². The number of imide groups is 1. The molecule has 0 aromatic heterocycles. The number of hydrogen-bond acceptors (Lipinski definition) is 4. The van der Waals surface area contributed by atoms with Gasteiger partial charge in [-0.1, -0.05) is 30.3 Å². The Kier molecular flexibility index (Phi) is 5.34. The van der Waals surface area contributed by atoms with Crippen LogP contribution in [-0.2, 0) is 14.3 Å². The molecule has 0 heterocycles. The lowest BCUT2D eigenvalue weighted by Crippen LogP contribution is -2.54. The molecule has 1 aromatic carbocycles. The summed E-state index contributed by atoms with van der Waals surface area (Å²) < 4.78 is 4.04. The molecule has 0 spiro atoms. The normalized spacial score (nSPS) is 14.2. The van der Waals surface area contributed by atoms with Crippen LogP contribution >= 0.6 is 0 Å². The van der Waals surface area contributed by atoms with Gasteiger partial charge in [0.15, 0.2) is 6.29 Å². The maximum atomic E-state index is 12.4. The highest BCUT2D eigenvalue weighted by Gasteiger charge is 2.42. The lowest BCUT2D eigenvalue weighted by atomic mass is 10.1. The van der Waals surface area contributed by atoms with E-state index in [2.05, 4.69) is 4.74 Å². The lowest BCUT2D eigenvalue weighted by molar-refractivity contribution is -0.755. The van der Waals surface area contributed by atoms with Crippen LogP contribution in [0, 0.1) is 0 Å². The van der Waals surface area contributed by atoms with Gasteiger partial charge in [-0.3, -0.25) is 4.79 Å². The predicted octanol–water partition coefficient (Wildman–Crippen LogP) is 2.03. The predicted molar refractivity (Wildman–Crippen MR) is 74.6 cm³/mol. The fraction of sp³-hybridized carbons (Fsp3) is 0.267. The molecule has 2 amide bonds. The molecule has 0 aliphatic rings. The van der Waals surface area contributed by atoms with Crippen molar-refractivity contribution >= 4 is 24.4 Å². The second-order valence-corrected chi connectivity index (χ2v) is 4.41. The molecule has 1 rings (SSSR count). The third-order valence-electron chi connectivity index (χ3n) is 3.15. The van der Waals surface area contributed by atoms with E-state index in [1.807, 2.05) is 6.07 Å². The number of nitrogens with zero attached hydrogens (tertiary/aromatic N) is 1. The van der Waals surface area contributed by atoms with Crippen LogP contribution in [0.2, 0.25) is 0 Å². The van der Waals surface area contributed by atoms with Crippen molar-refractivity contribution in [3.63, 3.8) is 0 Å². The Hall–Kier alpha value is -2.27. The molecule has 0 fully saturated rings. The average molecular weight is 276 g/mol. The van der Waals surface area contributed by atoms with Crippen LogP contribution in [0.25, 0.3) is 6.08 Å². The molecule has 0 bridgehead atoms. The third kappa shape index (κ3) is 3.19. The number of benzene rings is 1. The smallest absolute Gasteiger partial charge is 0.423 e. The number of likely N-dealkylation sites (N-methyl/N-ethyl adjacent to an activating group) is 1. The average Bonchev–Trinajstić information content (AvgIpc) is 2.51. The molecule has 5 heteroatoms. The minimum absolute atomic E-state index is 0.0639. The summed E-state index contributed by atoms with van der Waals surface area (Å²) in [6.07, 6.45) is 1.23. The monoisotopic (exact) mass is 276 g/mol. The fourth-order valence-corrected chi connectivity index (χ4v) is 1.72. The molecule has 106 valence electrons. The number of aldehydes is 1. The highest BCUT2D eigenvalue weighted by Crippen LogP contribution is 2.14. The Morgan fingerprint density at radius 3 is 2.30 bits per heavy atom. The number of quaternary nitrogens is 1. The van der Waals surface area contributed by atoms with Gasteiger partial charge in [-0.15, -0.1) is 0 Å². The Bertz CT molecular complexity index is 536. The first-order valence-electron chi connectivity index (χ1n) is 6.20. The maximum absolute atomic E-state index is 12.4. The van der Waals surface area contributed by atoms with Crippen LogP contribution in [0.5, 0.6) is 0 Å². The first kappa shape index (κ1) is 15.8. The Labute approximate surface area is 118 Å². The van der Waals surface area contributed by atoms with Crippen molar-refractivity contribution in [2.75, 3.05) is 20.7 Å². The van der Waals surface area contributed by atoms with Crippen LogP contribution in [0.1, 0.15) is 12.5 Å². The van der Waals surface area contributed by atoms with Gasteiger partial charge in [0.05, 0.1) is 20.7 Å². The summed E-state index contributed by atoms with van der Waals surface area (Å²) >= 11 is 0. The van der Waals surface area contributed by atoms with E-state index in [9.17, 15) is 14.4 Å². The van der Waals surface area contributed by atoms with E-state index in [0.717, 1.165) is 5.56 Å². The number of carbonyl (C=O) groups is 3. The SMILES string of the molecule is CC[N+](C)(C(=O)OC)C(=O)C(C=O)=Cc1ccccc1. The summed E-state index contributed by atoms with van der Waals surface area (Å²) in [5, 5.41) is 0. The summed E-state index contributed by atoms with van der Waals surface area (Å²) in [5.41, 5.74) is 0.654. The molecule has 5 nitrogen and oxygen atoms in total. The highest BCUT2D eigenvalue weighted by atomic mass is 16.5. The second kappa shape index (κ2) is 6.77. The van der Waals surface area contributed by atoms with Crippen molar-refractivity contribution < 1.29 is 23.6 Å². The Balaban J connectivity index is 3.18. The van der Waals surface area contributed by atoms with E-state index in [0.29, 0.717) is 6.29 Å². The minimum atomic E-state index is -0.696. The Morgan fingerprint density at radius 2 is 1.85 bits per heavy atom. The van der Waals surface area contributed by atoms with E-state index >= 15 is 0 Å². The molecule has 0 saturated heterocycles. The first-order valence-corrected chi connectivity index (χ1v) is 6.20. The topological polar surface area (TPSA) is 60.4 Å². The first-order chi connectivity index (χ1) is 9.49. The maximum Gasteiger partial charge on any atom is 0.523 e. The van der Waals surface area contributed by atoms with Crippen molar-refractivity contribution in [2.24, 2.45) is 0 Å². The van der Waals surface area contributed by atoms with Crippen LogP contribution in [0.4, 0.5) is 4.79 Å². The molecular weight excluding hydrogens is 258 g/mol. The summed E-state index contributed by atoms with van der Waals surface area (Å²) in [5.74, 6) is -0.585. The number of methoxy groups -OCH3 is 1. The summed E-state index contributed by atoms with van der Waals surface area (Å²) in [6.45, 7) is 1.88. The molecule has 0 saturated carbocycles. The van der Waals surface area contributed by atoms with Crippen LogP contribution in [0.15, 0.2) is 35.9 Å². The van der Waals surface area contributed by atoms with Crippen molar-refractivity contribution in [2.45, 2.75) is 6.92 Å². The molecule has 0 aliphatic heterocycles. The largest absolute Gasteiger partial charge is 0.523 e. The summed E-state index contributed by atoms with van der Waals surface area (Å²) in [6, 6.07) is 8.97. The molecule has 20 heavy (non-hydrogen) atoms. The number of hydrogen-bond donors (Lipinski definition) is 0. The second-order valence-electron chi connectivity index (χ2n) is 4.41. The van der Waals surface area contributed by atoms with Gasteiger partial charge in [-0.25, -0.2) is 4.79 Å². The molecule has 0 aliphatic carbocycles. The number of carbonyl (C=O) groups excluding carboxylic acids is 3. The highest BCUT2D eigenvalue weighted by molar-refractivity contribution is 6.13. The molecule has 1 atom stereocenters. The van der Waals surface area contributed by atoms with Gasteiger partial charge < -0.3 is 4.74 Å². The zero-order valence-electron chi connectivity index (χ0n) is 11.8. The van der Waals surface area contributed by atoms with E-state index < -0.39 is 16.5 Å². The van der Waals surface area contributed by atoms with Gasteiger partial charge in [0.25, 0.3) is 0 Å². The summed E-state index contributed by atoms with van der Waals surface area (Å²) in [4.78, 5) is 35.3. The number of rotatable bonds is 4. The van der Waals surface area contributed by atoms with Crippen molar-refractivity contribution in [3.8, 4) is 0 Å². The van der Waals surface area contributed by atoms with E-state index in [-0.39, 0.29) is 12.1 Å². The van der Waals surface area contributed by atoms with E-state index in [1.165, 1.54) is 20.2 Å². The molecular formula is C15H18NO4+. The van der Waals surface area contributed by atoms with E-state index in [1.54, 1.807) is 31.2 Å². The van der Waals surface area contributed by atoms with Gasteiger partial charge in [0.1, 0.15) is 5.57 Å². The molecule has 0 radical (unpaired) electrons. The molecule has 1 aromatic rings. The summed E-state index contributed by atoms with van der Waals surface area (Å²) in [7, 11) is 2.64. The Morgan fingerprint density at radius 1 is 1.25 bits per heavy atom. The quantitative estimate of drug-likeness (QED) is 0.277. The zero-order valence-corrected chi connectivity index (χ0v) is 11.8. The minimum Gasteiger partial charge on any atom is -0.423 e. The lowest BCUT2D eigenvalue weighted by Gasteiger charge is -2.25. The van der Waals surface area contributed by atoms with Gasteiger partial charge in [0.2, 0.25) is 0 Å². The van der Waals surface area contributed by atoms with Crippen molar-refractivity contribution in [1.82, 2.24) is 0 Å². The van der Waals surface area contributed by atoms with Crippen molar-refractivity contribution in [1.29, 1.82) is 0 Å². The van der Waals surface area contributed by atoms with Crippen LogP contribution in [-0.4, -0.2) is 43.5 Å². The standard InChI is InChI=1S/C15H18NO4/c1-4-16(2,15(19)20-3)14(18)13(11-17)10-12-8-6-5-7-9-12/h5-11H,4H2,1-3H3/q+1. The van der Waals surface area contributed by atoms with Gasteiger partial charge in [-0.05, 0) is 18.6 Å². The molecule has 1 unspecified atom stereocenters. The molecule has 0 N–H and O–H groups in total. The van der Waals surface area contributed by atoms with Gasteiger partial charge >= 0.3 is 12.0 Å². The van der Waals surface area contributed by atoms with Crippen LogP contribution < -0.4 is 0 Å². The third-order valence-corrected chi connectivity index (χ3v) is 3.15. The zero-order chi connectivity index (χ0) is 15.2. The van der Waals surface area contributed by atoms with Gasteiger partial charge in [-0.2, -0.15) is 9.28 Å².